The first kappa shape index (κ1) is 23.5. The van der Waals surface area contributed by atoms with E-state index in [-0.39, 0.29) is 30.3 Å². The topological polar surface area (TPSA) is 85.4 Å². The Hall–Kier alpha value is -2.61. The minimum Gasteiger partial charge on any atom is -0.497 e. The molecule has 2 heterocycles. The van der Waals surface area contributed by atoms with E-state index in [2.05, 4.69) is 0 Å². The predicted molar refractivity (Wildman–Crippen MR) is 121 cm³/mol. The van der Waals surface area contributed by atoms with E-state index in [1.165, 1.54) is 0 Å². The highest BCUT2D eigenvalue weighted by Gasteiger charge is 2.54. The molecule has 1 aliphatic carbocycles. The lowest BCUT2D eigenvalue weighted by Crippen LogP contribution is -2.58. The number of amides is 2. The van der Waals surface area contributed by atoms with E-state index in [1.807, 2.05) is 0 Å². The monoisotopic (exact) mass is 458 g/mol. The quantitative estimate of drug-likeness (QED) is 0.631. The Balaban J connectivity index is 1.60. The summed E-state index contributed by atoms with van der Waals surface area (Å²) in [5, 5.41) is 0. The summed E-state index contributed by atoms with van der Waals surface area (Å²) in [5.41, 5.74) is -0.277. The molecule has 2 unspecified atom stereocenters. The van der Waals surface area contributed by atoms with Gasteiger partial charge in [-0.15, -0.1) is 0 Å². The number of hydrogen-bond donors (Lipinski definition) is 0. The molecule has 3 aliphatic rings. The van der Waals surface area contributed by atoms with Gasteiger partial charge in [-0.3, -0.25) is 19.3 Å². The number of hydrogen-bond acceptors (Lipinski definition) is 6. The SMILES string of the molecule is CCOC(=O)C1CCCN(C(=O)C2COC3(CCCCC3)N2C(=O)c2cccc(OC)c2)C1. The molecule has 2 atom stereocenters. The molecule has 0 bridgehead atoms. The van der Waals surface area contributed by atoms with Crippen LogP contribution in [0.1, 0.15) is 62.2 Å². The van der Waals surface area contributed by atoms with Crippen LogP contribution in [0.2, 0.25) is 0 Å². The van der Waals surface area contributed by atoms with Crippen LogP contribution in [0.5, 0.6) is 5.75 Å². The molecule has 0 aromatic heterocycles. The van der Waals surface area contributed by atoms with E-state index in [1.54, 1.807) is 48.1 Å². The van der Waals surface area contributed by atoms with Crippen LogP contribution < -0.4 is 4.74 Å². The number of piperidine rings is 1. The lowest BCUT2D eigenvalue weighted by Gasteiger charge is -2.42. The van der Waals surface area contributed by atoms with Crippen molar-refractivity contribution in [2.24, 2.45) is 5.92 Å². The summed E-state index contributed by atoms with van der Waals surface area (Å²) in [6.45, 7) is 3.17. The number of ether oxygens (including phenoxy) is 3. The number of methoxy groups -OCH3 is 1. The van der Waals surface area contributed by atoms with Gasteiger partial charge in [0.1, 0.15) is 17.5 Å². The Morgan fingerprint density at radius 1 is 1.15 bits per heavy atom. The Morgan fingerprint density at radius 3 is 2.67 bits per heavy atom. The van der Waals surface area contributed by atoms with Crippen molar-refractivity contribution >= 4 is 17.8 Å². The zero-order chi connectivity index (χ0) is 23.4. The van der Waals surface area contributed by atoms with Gasteiger partial charge >= 0.3 is 5.97 Å². The molecule has 2 amide bonds. The highest BCUT2D eigenvalue weighted by Crippen LogP contribution is 2.42. The summed E-state index contributed by atoms with van der Waals surface area (Å²) >= 11 is 0. The van der Waals surface area contributed by atoms with Gasteiger partial charge in [0, 0.05) is 18.7 Å². The maximum atomic E-state index is 13.8. The van der Waals surface area contributed by atoms with Crippen LogP contribution in [0.4, 0.5) is 0 Å². The van der Waals surface area contributed by atoms with Crippen molar-refractivity contribution in [1.82, 2.24) is 9.80 Å². The van der Waals surface area contributed by atoms with Crippen molar-refractivity contribution in [3.63, 3.8) is 0 Å². The average molecular weight is 459 g/mol. The van der Waals surface area contributed by atoms with Crippen LogP contribution in [0.25, 0.3) is 0 Å². The van der Waals surface area contributed by atoms with Gasteiger partial charge in [0.2, 0.25) is 5.91 Å². The fourth-order valence-corrected chi connectivity index (χ4v) is 5.40. The molecule has 1 spiro atoms. The third kappa shape index (κ3) is 4.71. The second-order valence-corrected chi connectivity index (χ2v) is 9.12. The van der Waals surface area contributed by atoms with Crippen LogP contribution in [0.3, 0.4) is 0 Å². The number of carbonyl (C=O) groups excluding carboxylic acids is 3. The minimum absolute atomic E-state index is 0.150. The zero-order valence-electron chi connectivity index (χ0n) is 19.6. The number of carbonyl (C=O) groups is 3. The number of nitrogens with zero attached hydrogens (tertiary/aromatic N) is 2. The Morgan fingerprint density at radius 2 is 1.94 bits per heavy atom. The lowest BCUT2D eigenvalue weighted by molar-refractivity contribution is -0.152. The van der Waals surface area contributed by atoms with Crippen LogP contribution in [-0.2, 0) is 19.1 Å². The van der Waals surface area contributed by atoms with E-state index in [0.29, 0.717) is 37.4 Å². The molecule has 1 aromatic rings. The smallest absolute Gasteiger partial charge is 0.310 e. The summed E-state index contributed by atoms with van der Waals surface area (Å²) in [4.78, 5) is 43.2. The molecule has 3 fully saturated rings. The largest absolute Gasteiger partial charge is 0.497 e. The van der Waals surface area contributed by atoms with Gasteiger partial charge in [-0.1, -0.05) is 12.5 Å². The first-order valence-electron chi connectivity index (χ1n) is 12.1. The number of esters is 1. The lowest BCUT2D eigenvalue weighted by atomic mass is 9.89. The van der Waals surface area contributed by atoms with Crippen molar-refractivity contribution < 1.29 is 28.6 Å². The number of likely N-dealkylation sites (tertiary alicyclic amines) is 1. The Kier molecular flexibility index (Phi) is 7.22. The summed E-state index contributed by atoms with van der Waals surface area (Å²) in [6.07, 6.45) is 5.89. The Labute approximate surface area is 195 Å². The molecular weight excluding hydrogens is 424 g/mol. The normalized spacial score (nSPS) is 24.5. The van der Waals surface area contributed by atoms with E-state index in [4.69, 9.17) is 14.2 Å². The molecule has 8 nitrogen and oxygen atoms in total. The van der Waals surface area contributed by atoms with Gasteiger partial charge in [0.15, 0.2) is 0 Å². The maximum absolute atomic E-state index is 13.8. The molecule has 0 radical (unpaired) electrons. The molecule has 1 saturated carbocycles. The molecular formula is C25H34N2O6. The summed E-state index contributed by atoms with van der Waals surface area (Å²) in [6, 6.07) is 6.32. The van der Waals surface area contributed by atoms with E-state index in [0.717, 1.165) is 38.5 Å². The first-order chi connectivity index (χ1) is 16.0. The van der Waals surface area contributed by atoms with Gasteiger partial charge in [0.05, 0.1) is 26.2 Å². The van der Waals surface area contributed by atoms with E-state index in [9.17, 15) is 14.4 Å². The van der Waals surface area contributed by atoms with Crippen molar-refractivity contribution in [2.75, 3.05) is 33.4 Å². The van der Waals surface area contributed by atoms with Crippen LogP contribution in [-0.4, -0.2) is 72.8 Å². The zero-order valence-corrected chi connectivity index (χ0v) is 19.6. The van der Waals surface area contributed by atoms with Gasteiger partial charge in [-0.05, 0) is 63.6 Å². The first-order valence-corrected chi connectivity index (χ1v) is 12.1. The minimum atomic E-state index is -0.755. The molecule has 4 rings (SSSR count). The predicted octanol–water partition coefficient (Wildman–Crippen LogP) is 3.00. The molecule has 33 heavy (non-hydrogen) atoms. The van der Waals surface area contributed by atoms with Crippen LogP contribution in [0, 0.1) is 5.92 Å². The van der Waals surface area contributed by atoms with E-state index >= 15 is 0 Å². The van der Waals surface area contributed by atoms with Gasteiger partial charge in [-0.25, -0.2) is 0 Å². The summed E-state index contributed by atoms with van der Waals surface area (Å²) in [7, 11) is 1.56. The number of benzene rings is 1. The van der Waals surface area contributed by atoms with Crippen molar-refractivity contribution in [2.45, 2.75) is 63.6 Å². The van der Waals surface area contributed by atoms with Gasteiger partial charge in [-0.2, -0.15) is 0 Å². The highest BCUT2D eigenvalue weighted by atomic mass is 16.5. The second-order valence-electron chi connectivity index (χ2n) is 9.12. The van der Waals surface area contributed by atoms with Crippen LogP contribution >= 0.6 is 0 Å². The van der Waals surface area contributed by atoms with E-state index < -0.39 is 11.8 Å². The maximum Gasteiger partial charge on any atom is 0.310 e. The molecule has 180 valence electrons. The Bertz CT molecular complexity index is 881. The van der Waals surface area contributed by atoms with Crippen molar-refractivity contribution in [1.29, 1.82) is 0 Å². The summed E-state index contributed by atoms with van der Waals surface area (Å²) in [5.74, 6) is -0.356. The third-order valence-corrected chi connectivity index (χ3v) is 7.07. The fourth-order valence-electron chi connectivity index (χ4n) is 5.40. The number of rotatable bonds is 5. The molecule has 2 saturated heterocycles. The average Bonchev–Trinajstić information content (AvgIpc) is 3.21. The molecule has 2 aliphatic heterocycles. The van der Waals surface area contributed by atoms with Crippen molar-refractivity contribution in [3.05, 3.63) is 29.8 Å². The standard InChI is InChI=1S/C25H34N2O6/c1-3-32-24(30)19-10-8-14-26(16-19)23(29)21-17-33-25(12-5-4-6-13-25)27(21)22(28)18-9-7-11-20(15-18)31-2/h7,9,11,15,19,21H,3-6,8,10,12-14,16-17H2,1-2H3. The molecule has 0 N–H and O–H groups in total. The van der Waals surface area contributed by atoms with Gasteiger partial charge in [0.25, 0.3) is 5.91 Å². The van der Waals surface area contributed by atoms with Crippen molar-refractivity contribution in [3.8, 4) is 5.75 Å². The molecule has 8 heteroatoms. The highest BCUT2D eigenvalue weighted by molar-refractivity contribution is 5.99. The summed E-state index contributed by atoms with van der Waals surface area (Å²) < 4.78 is 16.8. The fraction of sp³-hybridized carbons (Fsp3) is 0.640. The molecule has 1 aromatic carbocycles. The second kappa shape index (κ2) is 10.1. The van der Waals surface area contributed by atoms with Gasteiger partial charge < -0.3 is 19.1 Å². The third-order valence-electron chi connectivity index (χ3n) is 7.07. The van der Waals surface area contributed by atoms with Crippen LogP contribution in [0.15, 0.2) is 24.3 Å².